The predicted molar refractivity (Wildman–Crippen MR) is 117 cm³/mol. The number of amides is 1. The van der Waals surface area contributed by atoms with E-state index < -0.39 is 17.8 Å². The predicted octanol–water partition coefficient (Wildman–Crippen LogP) is 2.81. The molecule has 1 aliphatic rings. The molecule has 0 radical (unpaired) electrons. The first kappa shape index (κ1) is 22.5. The van der Waals surface area contributed by atoms with Crippen molar-refractivity contribution in [2.24, 2.45) is 0 Å². The molecule has 2 heterocycles. The Hall–Kier alpha value is -3.17. The summed E-state index contributed by atoms with van der Waals surface area (Å²) in [5, 5.41) is 27.7. The highest BCUT2D eigenvalue weighted by Crippen LogP contribution is 2.27. The van der Waals surface area contributed by atoms with Gasteiger partial charge in [0.05, 0.1) is 24.6 Å². The first-order valence-corrected chi connectivity index (χ1v) is 10.1. The van der Waals surface area contributed by atoms with E-state index in [2.05, 4.69) is 29.0 Å². The maximum Gasteiger partial charge on any atom is 0.259 e. The maximum absolute atomic E-state index is 14.6. The van der Waals surface area contributed by atoms with Crippen LogP contribution in [0.4, 0.5) is 10.2 Å². The van der Waals surface area contributed by atoms with Crippen LogP contribution in [0.25, 0.3) is 0 Å². The lowest BCUT2D eigenvalue weighted by Crippen LogP contribution is -2.39. The number of pyridine rings is 1. The van der Waals surface area contributed by atoms with E-state index in [1.54, 1.807) is 31.2 Å². The van der Waals surface area contributed by atoms with Gasteiger partial charge in [0, 0.05) is 19.1 Å². The zero-order valence-corrected chi connectivity index (χ0v) is 17.8. The Balaban J connectivity index is 1.79. The molecule has 0 saturated heterocycles. The number of hydrogen-bond acceptors (Lipinski definition) is 6. The van der Waals surface area contributed by atoms with E-state index in [1.807, 2.05) is 0 Å². The lowest BCUT2D eigenvalue weighted by atomic mass is 10.1. The van der Waals surface area contributed by atoms with Gasteiger partial charge in [0.25, 0.3) is 5.91 Å². The second-order valence-corrected chi connectivity index (χ2v) is 7.88. The molecule has 1 aliphatic heterocycles. The Morgan fingerprint density at radius 1 is 1.32 bits per heavy atom. The minimum atomic E-state index is -0.618. The molecule has 3 rings (SSSR count). The number of hydrogen-bond donors (Lipinski definition) is 4. The number of carbonyl (C=O) groups excluding carboxylic acids is 1. The molecule has 1 amide bonds. The summed E-state index contributed by atoms with van der Waals surface area (Å²) in [6.07, 6.45) is 0.941. The van der Waals surface area contributed by atoms with Crippen LogP contribution in [0.3, 0.4) is 0 Å². The largest absolute Gasteiger partial charge is 0.394 e. The smallest absolute Gasteiger partial charge is 0.259 e. The number of aromatic nitrogens is 1. The van der Waals surface area contributed by atoms with Crippen LogP contribution >= 0.6 is 0 Å². The monoisotopic (exact) mass is 426 g/mol. The number of benzene rings is 1. The van der Waals surface area contributed by atoms with Gasteiger partial charge in [0.2, 0.25) is 0 Å². The second kappa shape index (κ2) is 9.32. The van der Waals surface area contributed by atoms with Gasteiger partial charge in [-0.25, -0.2) is 9.37 Å². The zero-order valence-electron chi connectivity index (χ0n) is 17.8. The van der Waals surface area contributed by atoms with Gasteiger partial charge in [-0.1, -0.05) is 6.07 Å². The summed E-state index contributed by atoms with van der Waals surface area (Å²) in [5.74, 6) is -1.13. The van der Waals surface area contributed by atoms with E-state index >= 15 is 0 Å². The van der Waals surface area contributed by atoms with E-state index in [-0.39, 0.29) is 29.5 Å². The Kier molecular flexibility index (Phi) is 6.77. The SMILES string of the molecule is CC(C)N1Cc2cc(F)c(C(=O)Nc3cccc(C(=N)N(C=N)C(C)CO)n3)cc2C1. The average molecular weight is 426 g/mol. The van der Waals surface area contributed by atoms with Crippen molar-refractivity contribution in [1.82, 2.24) is 14.8 Å². The van der Waals surface area contributed by atoms with Crippen LogP contribution in [0.1, 0.15) is 48.0 Å². The van der Waals surface area contributed by atoms with E-state index in [4.69, 9.17) is 10.8 Å². The Labute approximate surface area is 180 Å². The van der Waals surface area contributed by atoms with Crippen molar-refractivity contribution in [2.75, 3.05) is 11.9 Å². The van der Waals surface area contributed by atoms with Gasteiger partial charge in [-0.3, -0.25) is 20.5 Å². The van der Waals surface area contributed by atoms with Crippen LogP contribution < -0.4 is 5.32 Å². The molecular formula is C22H27FN6O2. The molecule has 0 saturated carbocycles. The lowest BCUT2D eigenvalue weighted by Gasteiger charge is -2.25. The summed E-state index contributed by atoms with van der Waals surface area (Å²) in [6.45, 7) is 6.91. The fourth-order valence-corrected chi connectivity index (χ4v) is 3.44. The zero-order chi connectivity index (χ0) is 22.7. The number of nitrogens with one attached hydrogen (secondary N) is 3. The number of carbonyl (C=O) groups is 1. The first-order chi connectivity index (χ1) is 14.7. The number of aliphatic hydroxyl groups is 1. The first-order valence-electron chi connectivity index (χ1n) is 10.1. The van der Waals surface area contributed by atoms with E-state index in [1.165, 1.54) is 11.0 Å². The van der Waals surface area contributed by atoms with Crippen LogP contribution in [0, 0.1) is 16.6 Å². The number of halogens is 1. The summed E-state index contributed by atoms with van der Waals surface area (Å²) < 4.78 is 14.6. The molecule has 0 spiro atoms. The van der Waals surface area contributed by atoms with Crippen LogP contribution in [-0.4, -0.2) is 56.7 Å². The molecule has 2 aromatic rings. The van der Waals surface area contributed by atoms with Crippen LogP contribution in [-0.2, 0) is 13.1 Å². The van der Waals surface area contributed by atoms with Gasteiger partial charge in [0.15, 0.2) is 5.84 Å². The molecule has 1 aromatic carbocycles. The third-order valence-corrected chi connectivity index (χ3v) is 5.38. The number of aliphatic hydroxyl groups excluding tert-OH is 1. The van der Waals surface area contributed by atoms with Crippen molar-refractivity contribution in [3.63, 3.8) is 0 Å². The van der Waals surface area contributed by atoms with Gasteiger partial charge in [0.1, 0.15) is 17.3 Å². The average Bonchev–Trinajstić information content (AvgIpc) is 3.16. The van der Waals surface area contributed by atoms with Crippen molar-refractivity contribution >= 4 is 23.9 Å². The van der Waals surface area contributed by atoms with Crippen molar-refractivity contribution < 1.29 is 14.3 Å². The molecule has 31 heavy (non-hydrogen) atoms. The molecule has 1 aromatic heterocycles. The third-order valence-electron chi connectivity index (χ3n) is 5.38. The molecular weight excluding hydrogens is 399 g/mol. The lowest BCUT2D eigenvalue weighted by molar-refractivity contribution is 0.102. The minimum absolute atomic E-state index is 0.0540. The molecule has 8 nitrogen and oxygen atoms in total. The second-order valence-electron chi connectivity index (χ2n) is 7.88. The van der Waals surface area contributed by atoms with Crippen LogP contribution in [0.5, 0.6) is 0 Å². The fraction of sp³-hybridized carbons (Fsp3) is 0.364. The van der Waals surface area contributed by atoms with E-state index in [9.17, 15) is 14.3 Å². The van der Waals surface area contributed by atoms with Crippen molar-refractivity contribution in [3.8, 4) is 0 Å². The maximum atomic E-state index is 14.6. The Morgan fingerprint density at radius 2 is 2.00 bits per heavy atom. The molecule has 1 unspecified atom stereocenters. The van der Waals surface area contributed by atoms with Gasteiger partial charge >= 0.3 is 0 Å². The summed E-state index contributed by atoms with van der Waals surface area (Å²) in [6, 6.07) is 7.58. The number of rotatable bonds is 7. The minimum Gasteiger partial charge on any atom is -0.394 e. The summed E-state index contributed by atoms with van der Waals surface area (Å²) >= 11 is 0. The highest BCUT2D eigenvalue weighted by atomic mass is 19.1. The number of nitrogens with zero attached hydrogens (tertiary/aromatic N) is 3. The van der Waals surface area contributed by atoms with E-state index in [0.29, 0.717) is 19.1 Å². The molecule has 164 valence electrons. The van der Waals surface area contributed by atoms with Crippen molar-refractivity contribution in [1.29, 1.82) is 10.8 Å². The molecule has 0 bridgehead atoms. The molecule has 0 fully saturated rings. The standard InChI is InChI=1S/C22H27FN6O2/c1-13(2)28-9-15-7-17(18(23)8-16(15)10-28)22(31)27-20-6-4-5-19(26-20)21(25)29(12-24)14(3)11-30/h4-8,12-14,24-25,30H,9-11H2,1-3H3,(H,26,27,31). The molecule has 9 heteroatoms. The highest BCUT2D eigenvalue weighted by Gasteiger charge is 2.25. The summed E-state index contributed by atoms with van der Waals surface area (Å²) in [4.78, 5) is 20.4. The van der Waals surface area contributed by atoms with E-state index in [0.717, 1.165) is 17.5 Å². The molecule has 1 atom stereocenters. The topological polar surface area (TPSA) is 116 Å². The van der Waals surface area contributed by atoms with Gasteiger partial charge in [-0.05, 0) is 56.2 Å². The summed E-state index contributed by atoms with van der Waals surface area (Å²) in [7, 11) is 0. The molecule has 0 aliphatic carbocycles. The van der Waals surface area contributed by atoms with Crippen molar-refractivity contribution in [3.05, 3.63) is 58.5 Å². The fourth-order valence-electron chi connectivity index (χ4n) is 3.44. The van der Waals surface area contributed by atoms with Gasteiger partial charge < -0.3 is 15.3 Å². The van der Waals surface area contributed by atoms with Gasteiger partial charge in [-0.15, -0.1) is 0 Å². The summed E-state index contributed by atoms with van der Waals surface area (Å²) in [5.41, 5.74) is 1.98. The Bertz CT molecular complexity index is 1010. The molecule has 4 N–H and O–H groups in total. The quantitative estimate of drug-likeness (QED) is 0.401. The highest BCUT2D eigenvalue weighted by molar-refractivity contribution is 6.05. The number of anilines is 1. The van der Waals surface area contributed by atoms with Gasteiger partial charge in [-0.2, -0.15) is 0 Å². The third kappa shape index (κ3) is 4.78. The van der Waals surface area contributed by atoms with Crippen LogP contribution in [0.15, 0.2) is 30.3 Å². The number of fused-ring (bicyclic) bond motifs is 1. The Morgan fingerprint density at radius 3 is 2.61 bits per heavy atom. The normalized spacial score (nSPS) is 14.3. The number of amidine groups is 1. The van der Waals surface area contributed by atoms with Crippen molar-refractivity contribution in [2.45, 2.75) is 45.9 Å². The van der Waals surface area contributed by atoms with Crippen LogP contribution in [0.2, 0.25) is 0 Å².